The maximum absolute atomic E-state index is 13.1. The molecule has 2 N–H and O–H groups in total. The van der Waals surface area contributed by atoms with Crippen molar-refractivity contribution in [1.29, 1.82) is 0 Å². The van der Waals surface area contributed by atoms with E-state index in [0.29, 0.717) is 24.2 Å². The van der Waals surface area contributed by atoms with E-state index in [-0.39, 0.29) is 30.1 Å². The van der Waals surface area contributed by atoms with Crippen LogP contribution >= 0.6 is 0 Å². The Morgan fingerprint density at radius 2 is 1.91 bits per heavy atom. The SMILES string of the molecule is O=C(N[C@H]1CCCc2ccccc21)c1n[nH]c2c1CN(C(=O)c1ccc([N+](=O)[O-])cc1)CC2. The van der Waals surface area contributed by atoms with Crippen LogP contribution in [0.15, 0.2) is 48.5 Å². The van der Waals surface area contributed by atoms with Gasteiger partial charge in [0, 0.05) is 41.9 Å². The molecule has 9 heteroatoms. The molecule has 5 rings (SSSR count). The second kappa shape index (κ2) is 8.50. The van der Waals surface area contributed by atoms with Crippen molar-refractivity contribution in [3.8, 4) is 0 Å². The van der Waals surface area contributed by atoms with Gasteiger partial charge in [0.2, 0.25) is 0 Å². The van der Waals surface area contributed by atoms with Crippen molar-refractivity contribution in [2.45, 2.75) is 38.3 Å². The Kier molecular flexibility index (Phi) is 5.37. The Labute approximate surface area is 190 Å². The molecule has 9 nitrogen and oxygen atoms in total. The number of non-ortho nitro benzene ring substituents is 1. The number of nitrogens with one attached hydrogen (secondary N) is 2. The van der Waals surface area contributed by atoms with Gasteiger partial charge in [0.25, 0.3) is 17.5 Å². The number of H-pyrrole nitrogens is 1. The monoisotopic (exact) mass is 445 g/mol. The van der Waals surface area contributed by atoms with Gasteiger partial charge in [-0.3, -0.25) is 24.8 Å². The van der Waals surface area contributed by atoms with Crippen LogP contribution in [0.4, 0.5) is 5.69 Å². The molecule has 168 valence electrons. The molecule has 1 atom stereocenters. The van der Waals surface area contributed by atoms with Crippen molar-refractivity contribution >= 4 is 17.5 Å². The topological polar surface area (TPSA) is 121 Å². The number of nitro groups is 1. The highest BCUT2D eigenvalue weighted by Crippen LogP contribution is 2.30. The lowest BCUT2D eigenvalue weighted by atomic mass is 9.87. The van der Waals surface area contributed by atoms with Crippen LogP contribution in [0.25, 0.3) is 0 Å². The number of aryl methyl sites for hydroxylation is 1. The van der Waals surface area contributed by atoms with Crippen LogP contribution in [-0.4, -0.2) is 38.4 Å². The third-order valence-corrected chi connectivity index (χ3v) is 6.44. The van der Waals surface area contributed by atoms with Crippen LogP contribution in [0.5, 0.6) is 0 Å². The normalized spacial score (nSPS) is 17.1. The zero-order valence-corrected chi connectivity index (χ0v) is 17.9. The van der Waals surface area contributed by atoms with Crippen molar-refractivity contribution in [2.75, 3.05) is 6.54 Å². The first-order valence-electron chi connectivity index (χ1n) is 11.0. The Hall–Kier alpha value is -4.01. The first kappa shape index (κ1) is 20.9. The lowest BCUT2D eigenvalue weighted by molar-refractivity contribution is -0.384. The number of amides is 2. The predicted octanol–water partition coefficient (Wildman–Crippen LogP) is 3.32. The summed E-state index contributed by atoms with van der Waals surface area (Å²) in [5, 5.41) is 21.2. The number of fused-ring (bicyclic) bond motifs is 2. The molecule has 1 aromatic heterocycles. The summed E-state index contributed by atoms with van der Waals surface area (Å²) in [6, 6.07) is 13.7. The van der Waals surface area contributed by atoms with Gasteiger partial charge >= 0.3 is 0 Å². The van der Waals surface area contributed by atoms with E-state index in [9.17, 15) is 19.7 Å². The zero-order chi connectivity index (χ0) is 22.9. The molecular weight excluding hydrogens is 422 g/mol. The molecule has 0 saturated carbocycles. The molecule has 1 aliphatic carbocycles. The molecule has 1 aliphatic heterocycles. The number of carbonyl (C=O) groups is 2. The van der Waals surface area contributed by atoms with E-state index >= 15 is 0 Å². The molecule has 2 aromatic carbocycles. The number of rotatable bonds is 4. The quantitative estimate of drug-likeness (QED) is 0.471. The van der Waals surface area contributed by atoms with E-state index < -0.39 is 4.92 Å². The van der Waals surface area contributed by atoms with Gasteiger partial charge in [0.1, 0.15) is 0 Å². The van der Waals surface area contributed by atoms with Crippen LogP contribution in [0.2, 0.25) is 0 Å². The minimum Gasteiger partial charge on any atom is -0.344 e. The lowest BCUT2D eigenvalue weighted by Gasteiger charge is -2.28. The number of nitro benzene ring substituents is 1. The van der Waals surface area contributed by atoms with E-state index in [1.807, 2.05) is 12.1 Å². The lowest BCUT2D eigenvalue weighted by Crippen LogP contribution is -2.37. The maximum Gasteiger partial charge on any atom is 0.272 e. The van der Waals surface area contributed by atoms with Crippen molar-refractivity contribution in [3.05, 3.63) is 92.3 Å². The van der Waals surface area contributed by atoms with Gasteiger partial charge in [-0.1, -0.05) is 24.3 Å². The summed E-state index contributed by atoms with van der Waals surface area (Å²) in [4.78, 5) is 38.1. The number of benzene rings is 2. The average molecular weight is 445 g/mol. The largest absolute Gasteiger partial charge is 0.344 e. The fourth-order valence-electron chi connectivity index (χ4n) is 4.69. The number of hydrogen-bond donors (Lipinski definition) is 2. The van der Waals surface area contributed by atoms with Crippen LogP contribution in [0, 0.1) is 10.1 Å². The highest BCUT2D eigenvalue weighted by molar-refractivity contribution is 5.96. The third-order valence-electron chi connectivity index (χ3n) is 6.44. The summed E-state index contributed by atoms with van der Waals surface area (Å²) in [6.45, 7) is 0.730. The van der Waals surface area contributed by atoms with Crippen molar-refractivity contribution in [1.82, 2.24) is 20.4 Å². The van der Waals surface area contributed by atoms with E-state index in [2.05, 4.69) is 27.6 Å². The second-order valence-corrected chi connectivity index (χ2v) is 8.43. The highest BCUT2D eigenvalue weighted by atomic mass is 16.6. The van der Waals surface area contributed by atoms with Gasteiger partial charge in [0.15, 0.2) is 5.69 Å². The van der Waals surface area contributed by atoms with Gasteiger partial charge in [-0.2, -0.15) is 5.10 Å². The summed E-state index contributed by atoms with van der Waals surface area (Å²) >= 11 is 0. The van der Waals surface area contributed by atoms with Gasteiger partial charge in [-0.05, 0) is 42.5 Å². The van der Waals surface area contributed by atoms with E-state index in [1.54, 1.807) is 4.90 Å². The van der Waals surface area contributed by atoms with Gasteiger partial charge in [-0.15, -0.1) is 0 Å². The minimum atomic E-state index is -0.498. The highest BCUT2D eigenvalue weighted by Gasteiger charge is 2.30. The van der Waals surface area contributed by atoms with Gasteiger partial charge in [-0.25, -0.2) is 0 Å². The minimum absolute atomic E-state index is 0.0590. The summed E-state index contributed by atoms with van der Waals surface area (Å²) in [5.74, 6) is -0.483. The number of aromatic nitrogens is 2. The predicted molar refractivity (Wildman–Crippen MR) is 120 cm³/mol. The summed E-state index contributed by atoms with van der Waals surface area (Å²) < 4.78 is 0. The number of aromatic amines is 1. The van der Waals surface area contributed by atoms with Crippen molar-refractivity contribution in [3.63, 3.8) is 0 Å². The molecule has 0 spiro atoms. The molecular formula is C24H23N5O4. The van der Waals surface area contributed by atoms with E-state index in [0.717, 1.165) is 36.1 Å². The molecule has 0 unspecified atom stereocenters. The Morgan fingerprint density at radius 3 is 2.70 bits per heavy atom. The van der Waals surface area contributed by atoms with Crippen LogP contribution in [-0.2, 0) is 19.4 Å². The summed E-state index contributed by atoms with van der Waals surface area (Å²) in [7, 11) is 0. The molecule has 0 saturated heterocycles. The summed E-state index contributed by atoms with van der Waals surface area (Å²) in [5.41, 5.74) is 4.61. The summed E-state index contributed by atoms with van der Waals surface area (Å²) in [6.07, 6.45) is 3.46. The van der Waals surface area contributed by atoms with Crippen LogP contribution in [0.1, 0.15) is 62.1 Å². The third kappa shape index (κ3) is 3.97. The van der Waals surface area contributed by atoms with E-state index in [4.69, 9.17) is 0 Å². The average Bonchev–Trinajstić information content (AvgIpc) is 3.27. The fourth-order valence-corrected chi connectivity index (χ4v) is 4.69. The number of hydrogen-bond acceptors (Lipinski definition) is 5. The van der Waals surface area contributed by atoms with Crippen molar-refractivity contribution in [2.24, 2.45) is 0 Å². The van der Waals surface area contributed by atoms with Crippen LogP contribution in [0.3, 0.4) is 0 Å². The fraction of sp³-hybridized carbons (Fsp3) is 0.292. The Bertz CT molecular complexity index is 1230. The first-order valence-corrected chi connectivity index (χ1v) is 11.0. The Balaban J connectivity index is 1.33. The molecule has 33 heavy (non-hydrogen) atoms. The zero-order valence-electron chi connectivity index (χ0n) is 17.9. The molecule has 2 aliphatic rings. The standard InChI is InChI=1S/C24H23N5O4/c30-23(25-20-7-3-5-15-4-1-2-6-18(15)20)22-19-14-28(13-12-21(19)26-27-22)24(31)16-8-10-17(11-9-16)29(32)33/h1-2,4,6,8-11,20H,3,5,7,12-14H2,(H,25,30)(H,26,27)/t20-/m0/s1. The van der Waals surface area contributed by atoms with Crippen molar-refractivity contribution < 1.29 is 14.5 Å². The second-order valence-electron chi connectivity index (χ2n) is 8.43. The smallest absolute Gasteiger partial charge is 0.272 e. The molecule has 0 bridgehead atoms. The molecule has 0 fully saturated rings. The molecule has 2 heterocycles. The maximum atomic E-state index is 13.1. The molecule has 2 amide bonds. The van der Waals surface area contributed by atoms with Gasteiger partial charge < -0.3 is 10.2 Å². The first-order chi connectivity index (χ1) is 16.0. The van der Waals surface area contributed by atoms with E-state index in [1.165, 1.54) is 29.8 Å². The number of carbonyl (C=O) groups excluding carboxylic acids is 2. The Morgan fingerprint density at radius 1 is 1.12 bits per heavy atom. The molecule has 0 radical (unpaired) electrons. The molecule has 3 aromatic rings. The number of nitrogens with zero attached hydrogens (tertiary/aromatic N) is 3. The van der Waals surface area contributed by atoms with Gasteiger partial charge in [0.05, 0.1) is 17.5 Å². The van der Waals surface area contributed by atoms with Crippen LogP contribution < -0.4 is 5.32 Å².